The number of rotatable bonds is 5. The Labute approximate surface area is 92.4 Å². The highest BCUT2D eigenvalue weighted by atomic mass is 32.2. The molecule has 0 unspecified atom stereocenters. The van der Waals surface area contributed by atoms with E-state index in [1.165, 1.54) is 8.61 Å². The van der Waals surface area contributed by atoms with Gasteiger partial charge in [-0.2, -0.15) is 17.0 Å². The summed E-state index contributed by atoms with van der Waals surface area (Å²) in [5.74, 6) is 2.40. The summed E-state index contributed by atoms with van der Waals surface area (Å²) >= 11 is 0. The van der Waals surface area contributed by atoms with Crippen molar-refractivity contribution in [1.82, 2.24) is 8.61 Å². The minimum atomic E-state index is -3.30. The molecule has 15 heavy (non-hydrogen) atoms. The Morgan fingerprint density at radius 2 is 2.00 bits per heavy atom. The van der Waals surface area contributed by atoms with Crippen molar-refractivity contribution in [3.63, 3.8) is 0 Å². The van der Waals surface area contributed by atoms with E-state index in [1.807, 2.05) is 6.92 Å². The zero-order chi connectivity index (χ0) is 11.3. The standard InChI is InChI=1S/C10H18N2O2S/c1-3-7-11(8-4-2)15(13,14)12-9-5-6-10-12/h1H,4-10H2,2H3. The fourth-order valence-electron chi connectivity index (χ4n) is 1.71. The van der Waals surface area contributed by atoms with E-state index in [9.17, 15) is 8.42 Å². The summed E-state index contributed by atoms with van der Waals surface area (Å²) in [7, 11) is -3.30. The fraction of sp³-hybridized carbons (Fsp3) is 0.800. The Hall–Kier alpha value is -0.570. The van der Waals surface area contributed by atoms with Crippen molar-refractivity contribution >= 4 is 10.2 Å². The molecule has 0 spiro atoms. The van der Waals surface area contributed by atoms with Crippen molar-refractivity contribution in [2.75, 3.05) is 26.2 Å². The quantitative estimate of drug-likeness (QED) is 0.651. The Morgan fingerprint density at radius 3 is 2.47 bits per heavy atom. The van der Waals surface area contributed by atoms with Gasteiger partial charge in [-0.25, -0.2) is 0 Å². The van der Waals surface area contributed by atoms with Gasteiger partial charge < -0.3 is 0 Å². The first-order valence-corrected chi connectivity index (χ1v) is 6.71. The van der Waals surface area contributed by atoms with Crippen LogP contribution in [0.5, 0.6) is 0 Å². The van der Waals surface area contributed by atoms with Gasteiger partial charge in [0.05, 0.1) is 6.54 Å². The average Bonchev–Trinajstić information content (AvgIpc) is 2.70. The highest BCUT2D eigenvalue weighted by molar-refractivity contribution is 7.86. The zero-order valence-electron chi connectivity index (χ0n) is 9.15. The van der Waals surface area contributed by atoms with Gasteiger partial charge in [-0.1, -0.05) is 12.8 Å². The van der Waals surface area contributed by atoms with Crippen LogP contribution >= 0.6 is 0 Å². The molecular weight excluding hydrogens is 212 g/mol. The van der Waals surface area contributed by atoms with Crippen LogP contribution in [0.25, 0.3) is 0 Å². The summed E-state index contributed by atoms with van der Waals surface area (Å²) in [6, 6.07) is 0. The molecule has 0 aromatic carbocycles. The molecule has 0 N–H and O–H groups in total. The third-order valence-electron chi connectivity index (χ3n) is 2.46. The van der Waals surface area contributed by atoms with Gasteiger partial charge in [0.25, 0.3) is 10.2 Å². The summed E-state index contributed by atoms with van der Waals surface area (Å²) in [6.45, 7) is 3.89. The molecule has 0 radical (unpaired) electrons. The molecule has 0 amide bonds. The smallest absolute Gasteiger partial charge is 0.195 e. The van der Waals surface area contributed by atoms with E-state index in [4.69, 9.17) is 6.42 Å². The van der Waals surface area contributed by atoms with Crippen LogP contribution in [-0.4, -0.2) is 43.2 Å². The minimum Gasteiger partial charge on any atom is -0.195 e. The second-order valence-corrected chi connectivity index (χ2v) is 5.58. The molecule has 1 aliphatic heterocycles. The van der Waals surface area contributed by atoms with Crippen molar-refractivity contribution in [3.05, 3.63) is 0 Å². The molecule has 0 aromatic heterocycles. The first kappa shape index (κ1) is 12.5. The van der Waals surface area contributed by atoms with Crippen LogP contribution in [0.2, 0.25) is 0 Å². The number of hydrogen-bond acceptors (Lipinski definition) is 2. The van der Waals surface area contributed by atoms with E-state index < -0.39 is 10.2 Å². The van der Waals surface area contributed by atoms with Crippen molar-refractivity contribution < 1.29 is 8.42 Å². The molecule has 0 aromatic rings. The molecule has 1 heterocycles. The third kappa shape index (κ3) is 2.94. The predicted octanol–water partition coefficient (Wildman–Crippen LogP) is 0.672. The Morgan fingerprint density at radius 1 is 1.40 bits per heavy atom. The lowest BCUT2D eigenvalue weighted by Crippen LogP contribution is -2.43. The van der Waals surface area contributed by atoms with E-state index in [0.717, 1.165) is 19.3 Å². The highest BCUT2D eigenvalue weighted by Crippen LogP contribution is 2.16. The maximum Gasteiger partial charge on any atom is 0.282 e. The SMILES string of the molecule is C#CCN(CCC)S(=O)(=O)N1CCCC1. The van der Waals surface area contributed by atoms with E-state index in [-0.39, 0.29) is 6.54 Å². The largest absolute Gasteiger partial charge is 0.282 e. The van der Waals surface area contributed by atoms with E-state index in [1.54, 1.807) is 0 Å². The second kappa shape index (κ2) is 5.50. The number of terminal acetylenes is 1. The number of hydrogen-bond donors (Lipinski definition) is 0. The summed E-state index contributed by atoms with van der Waals surface area (Å²) in [5, 5.41) is 0. The van der Waals surface area contributed by atoms with Gasteiger partial charge in [0, 0.05) is 19.6 Å². The van der Waals surface area contributed by atoms with Crippen LogP contribution in [-0.2, 0) is 10.2 Å². The lowest BCUT2D eigenvalue weighted by molar-refractivity contribution is 0.381. The molecule has 1 aliphatic rings. The summed E-state index contributed by atoms with van der Waals surface area (Å²) in [5.41, 5.74) is 0. The molecule has 1 fully saturated rings. The molecule has 1 saturated heterocycles. The minimum absolute atomic E-state index is 0.173. The van der Waals surface area contributed by atoms with Gasteiger partial charge in [-0.15, -0.1) is 6.42 Å². The topological polar surface area (TPSA) is 40.6 Å². The van der Waals surface area contributed by atoms with Gasteiger partial charge in [-0.3, -0.25) is 0 Å². The van der Waals surface area contributed by atoms with Crippen LogP contribution in [0.4, 0.5) is 0 Å². The van der Waals surface area contributed by atoms with E-state index in [2.05, 4.69) is 5.92 Å². The second-order valence-electron chi connectivity index (χ2n) is 3.65. The van der Waals surface area contributed by atoms with Gasteiger partial charge in [0.15, 0.2) is 0 Å². The summed E-state index contributed by atoms with van der Waals surface area (Å²) in [4.78, 5) is 0. The maximum atomic E-state index is 12.1. The van der Waals surface area contributed by atoms with Crippen molar-refractivity contribution in [3.8, 4) is 12.3 Å². The predicted molar refractivity (Wildman–Crippen MR) is 60.4 cm³/mol. The molecule has 5 heteroatoms. The molecule has 4 nitrogen and oxygen atoms in total. The average molecular weight is 230 g/mol. The molecular formula is C10H18N2O2S. The first-order chi connectivity index (χ1) is 7.12. The fourth-order valence-corrected chi connectivity index (χ4v) is 3.41. The Kier molecular flexibility index (Phi) is 4.58. The molecule has 86 valence electrons. The van der Waals surface area contributed by atoms with Crippen LogP contribution in [0.3, 0.4) is 0 Å². The molecule has 0 atom stereocenters. The van der Waals surface area contributed by atoms with Crippen LogP contribution < -0.4 is 0 Å². The van der Waals surface area contributed by atoms with Crippen LogP contribution in [0, 0.1) is 12.3 Å². The lowest BCUT2D eigenvalue weighted by Gasteiger charge is -2.25. The lowest BCUT2D eigenvalue weighted by atomic mass is 10.4. The van der Waals surface area contributed by atoms with Crippen molar-refractivity contribution in [2.24, 2.45) is 0 Å². The van der Waals surface area contributed by atoms with Crippen molar-refractivity contribution in [2.45, 2.75) is 26.2 Å². The zero-order valence-corrected chi connectivity index (χ0v) is 9.96. The monoisotopic (exact) mass is 230 g/mol. The van der Waals surface area contributed by atoms with Crippen LogP contribution in [0.15, 0.2) is 0 Å². The highest BCUT2D eigenvalue weighted by Gasteiger charge is 2.30. The Balaban J connectivity index is 2.75. The maximum absolute atomic E-state index is 12.1. The molecule has 1 rings (SSSR count). The normalized spacial score (nSPS) is 18.2. The van der Waals surface area contributed by atoms with Crippen molar-refractivity contribution in [1.29, 1.82) is 0 Å². The molecule has 0 saturated carbocycles. The third-order valence-corrected chi connectivity index (χ3v) is 4.44. The van der Waals surface area contributed by atoms with Gasteiger partial charge in [-0.05, 0) is 19.3 Å². The van der Waals surface area contributed by atoms with Gasteiger partial charge >= 0.3 is 0 Å². The molecule has 0 bridgehead atoms. The summed E-state index contributed by atoms with van der Waals surface area (Å²) < 4.78 is 27.1. The van der Waals surface area contributed by atoms with E-state index >= 15 is 0 Å². The van der Waals surface area contributed by atoms with E-state index in [0.29, 0.717) is 19.6 Å². The van der Waals surface area contributed by atoms with Gasteiger partial charge in [0.2, 0.25) is 0 Å². The molecule has 0 aliphatic carbocycles. The first-order valence-electron chi connectivity index (χ1n) is 5.31. The summed E-state index contributed by atoms with van der Waals surface area (Å²) in [6.07, 6.45) is 7.87. The van der Waals surface area contributed by atoms with Gasteiger partial charge in [0.1, 0.15) is 0 Å². The Bertz CT molecular complexity index is 326. The van der Waals surface area contributed by atoms with Crippen LogP contribution in [0.1, 0.15) is 26.2 Å². The number of nitrogens with zero attached hydrogens (tertiary/aromatic N) is 2.